The molecule has 0 bridgehead atoms. The zero-order chi connectivity index (χ0) is 13.1. The Morgan fingerprint density at radius 1 is 1.11 bits per heavy atom. The largest absolute Gasteiger partial charge is 0.469 e. The molecular formula is C14H23NO3. The van der Waals surface area contributed by atoms with Crippen LogP contribution in [-0.2, 0) is 14.3 Å². The van der Waals surface area contributed by atoms with E-state index in [2.05, 4.69) is 6.92 Å². The summed E-state index contributed by atoms with van der Waals surface area (Å²) in [5.41, 5.74) is 0. The molecule has 0 aromatic heterocycles. The number of amides is 1. The molecule has 2 atom stereocenters. The second kappa shape index (κ2) is 5.72. The lowest BCUT2D eigenvalue weighted by Crippen LogP contribution is -2.43. The van der Waals surface area contributed by atoms with Gasteiger partial charge >= 0.3 is 5.97 Å². The van der Waals surface area contributed by atoms with Gasteiger partial charge in [-0.3, -0.25) is 9.59 Å². The normalized spacial score (nSPS) is 29.3. The summed E-state index contributed by atoms with van der Waals surface area (Å²) in [6, 6.07) is 0. The topological polar surface area (TPSA) is 46.6 Å². The highest BCUT2D eigenvalue weighted by Gasteiger charge is 2.35. The maximum atomic E-state index is 12.4. The molecule has 2 fully saturated rings. The lowest BCUT2D eigenvalue weighted by atomic mass is 9.93. The third-order valence-electron chi connectivity index (χ3n) is 4.52. The van der Waals surface area contributed by atoms with Crippen molar-refractivity contribution in [1.29, 1.82) is 0 Å². The number of carbonyl (C=O) groups is 2. The van der Waals surface area contributed by atoms with Crippen molar-refractivity contribution in [3.63, 3.8) is 0 Å². The number of hydrogen-bond donors (Lipinski definition) is 0. The first-order valence-corrected chi connectivity index (χ1v) is 7.00. The number of esters is 1. The Morgan fingerprint density at radius 2 is 1.78 bits per heavy atom. The van der Waals surface area contributed by atoms with E-state index in [0.29, 0.717) is 24.9 Å². The van der Waals surface area contributed by atoms with Crippen molar-refractivity contribution < 1.29 is 14.3 Å². The van der Waals surface area contributed by atoms with E-state index in [4.69, 9.17) is 4.74 Å². The Morgan fingerprint density at radius 3 is 2.28 bits per heavy atom. The summed E-state index contributed by atoms with van der Waals surface area (Å²) in [6.07, 6.45) is 4.89. The maximum Gasteiger partial charge on any atom is 0.308 e. The fourth-order valence-electron chi connectivity index (χ4n) is 3.25. The van der Waals surface area contributed by atoms with Crippen LogP contribution in [0.25, 0.3) is 0 Å². The first kappa shape index (κ1) is 13.4. The number of nitrogens with zero attached hydrogens (tertiary/aromatic N) is 1. The summed E-state index contributed by atoms with van der Waals surface area (Å²) in [4.78, 5) is 25.7. The second-order valence-corrected chi connectivity index (χ2v) is 5.64. The predicted octanol–water partition coefficient (Wildman–Crippen LogP) is 1.83. The van der Waals surface area contributed by atoms with Gasteiger partial charge in [0.05, 0.1) is 13.0 Å². The molecule has 1 amide bonds. The van der Waals surface area contributed by atoms with Crippen LogP contribution in [0.4, 0.5) is 0 Å². The first-order chi connectivity index (χ1) is 8.63. The van der Waals surface area contributed by atoms with Gasteiger partial charge in [0.25, 0.3) is 0 Å². The molecule has 18 heavy (non-hydrogen) atoms. The molecule has 4 heteroatoms. The highest BCUT2D eigenvalue weighted by atomic mass is 16.5. The number of likely N-dealkylation sites (tertiary alicyclic amines) is 1. The van der Waals surface area contributed by atoms with E-state index in [0.717, 1.165) is 19.3 Å². The van der Waals surface area contributed by atoms with Gasteiger partial charge in [0.15, 0.2) is 0 Å². The van der Waals surface area contributed by atoms with E-state index >= 15 is 0 Å². The molecule has 102 valence electrons. The third kappa shape index (κ3) is 2.68. The molecule has 0 spiro atoms. The van der Waals surface area contributed by atoms with Gasteiger partial charge in [0.1, 0.15) is 0 Å². The number of methoxy groups -OCH3 is 1. The molecular weight excluding hydrogens is 230 g/mol. The molecule has 1 aliphatic carbocycles. The molecule has 2 rings (SSSR count). The molecule has 1 saturated heterocycles. The van der Waals surface area contributed by atoms with Gasteiger partial charge in [0.2, 0.25) is 5.91 Å². The average molecular weight is 253 g/mol. The fourth-order valence-corrected chi connectivity index (χ4v) is 3.25. The van der Waals surface area contributed by atoms with Gasteiger partial charge in [-0.15, -0.1) is 0 Å². The van der Waals surface area contributed by atoms with E-state index in [1.165, 1.54) is 20.0 Å². The molecule has 2 aliphatic rings. The Kier molecular flexibility index (Phi) is 4.25. The average Bonchev–Trinajstić information content (AvgIpc) is 2.83. The van der Waals surface area contributed by atoms with Crippen LogP contribution in [0.5, 0.6) is 0 Å². The van der Waals surface area contributed by atoms with Crippen LogP contribution in [0.3, 0.4) is 0 Å². The SMILES string of the molecule is COC(=O)C1CCN(C(=O)C2CCCC2C)CC1. The lowest BCUT2D eigenvalue weighted by Gasteiger charge is -2.33. The monoisotopic (exact) mass is 253 g/mol. The van der Waals surface area contributed by atoms with Gasteiger partial charge < -0.3 is 9.64 Å². The van der Waals surface area contributed by atoms with Crippen molar-refractivity contribution in [1.82, 2.24) is 4.90 Å². The molecule has 0 N–H and O–H groups in total. The smallest absolute Gasteiger partial charge is 0.308 e. The van der Waals surface area contributed by atoms with E-state index < -0.39 is 0 Å². The Balaban J connectivity index is 1.86. The summed E-state index contributed by atoms with van der Waals surface area (Å²) >= 11 is 0. The number of hydrogen-bond acceptors (Lipinski definition) is 3. The van der Waals surface area contributed by atoms with Crippen molar-refractivity contribution in [2.24, 2.45) is 17.8 Å². The van der Waals surface area contributed by atoms with Crippen molar-refractivity contribution in [3.05, 3.63) is 0 Å². The minimum absolute atomic E-state index is 0.0138. The number of rotatable bonds is 2. The highest BCUT2D eigenvalue weighted by molar-refractivity contribution is 5.80. The summed E-state index contributed by atoms with van der Waals surface area (Å²) in [5.74, 6) is 0.912. The summed E-state index contributed by atoms with van der Waals surface area (Å²) in [7, 11) is 1.43. The Bertz CT molecular complexity index is 321. The van der Waals surface area contributed by atoms with Crippen LogP contribution >= 0.6 is 0 Å². The van der Waals surface area contributed by atoms with Gasteiger partial charge in [-0.25, -0.2) is 0 Å². The van der Waals surface area contributed by atoms with Crippen molar-refractivity contribution >= 4 is 11.9 Å². The number of piperidine rings is 1. The molecule has 1 saturated carbocycles. The minimum atomic E-state index is -0.128. The van der Waals surface area contributed by atoms with Gasteiger partial charge in [-0.1, -0.05) is 13.3 Å². The molecule has 0 radical (unpaired) electrons. The maximum absolute atomic E-state index is 12.4. The van der Waals surface area contributed by atoms with Gasteiger partial charge in [-0.05, 0) is 31.6 Å². The van der Waals surface area contributed by atoms with Crippen LogP contribution in [0.2, 0.25) is 0 Å². The summed E-state index contributed by atoms with van der Waals surface area (Å²) < 4.78 is 4.76. The molecule has 2 unspecified atom stereocenters. The third-order valence-corrected chi connectivity index (χ3v) is 4.52. The van der Waals surface area contributed by atoms with Crippen LogP contribution in [-0.4, -0.2) is 37.0 Å². The predicted molar refractivity (Wildman–Crippen MR) is 67.8 cm³/mol. The quantitative estimate of drug-likeness (QED) is 0.705. The van der Waals surface area contributed by atoms with Crippen LogP contribution in [0.1, 0.15) is 39.0 Å². The first-order valence-electron chi connectivity index (χ1n) is 7.00. The van der Waals surface area contributed by atoms with Gasteiger partial charge in [-0.2, -0.15) is 0 Å². The Hall–Kier alpha value is -1.06. The number of ether oxygens (including phenoxy) is 1. The van der Waals surface area contributed by atoms with Crippen LogP contribution < -0.4 is 0 Å². The van der Waals surface area contributed by atoms with Crippen molar-refractivity contribution in [2.45, 2.75) is 39.0 Å². The van der Waals surface area contributed by atoms with E-state index in [1.54, 1.807) is 0 Å². The van der Waals surface area contributed by atoms with E-state index in [-0.39, 0.29) is 17.8 Å². The summed E-state index contributed by atoms with van der Waals surface area (Å²) in [6.45, 7) is 3.60. The minimum Gasteiger partial charge on any atom is -0.469 e. The second-order valence-electron chi connectivity index (χ2n) is 5.64. The fraction of sp³-hybridized carbons (Fsp3) is 0.857. The zero-order valence-electron chi connectivity index (χ0n) is 11.4. The van der Waals surface area contributed by atoms with Gasteiger partial charge in [0, 0.05) is 19.0 Å². The molecule has 1 heterocycles. The molecule has 0 aromatic carbocycles. The highest BCUT2D eigenvalue weighted by Crippen LogP contribution is 2.33. The molecule has 1 aliphatic heterocycles. The Labute approximate surface area is 109 Å². The van der Waals surface area contributed by atoms with E-state index in [1.807, 2.05) is 4.90 Å². The zero-order valence-corrected chi connectivity index (χ0v) is 11.4. The van der Waals surface area contributed by atoms with Crippen LogP contribution in [0, 0.1) is 17.8 Å². The standard InChI is InChI=1S/C14H23NO3/c1-10-4-3-5-12(10)13(16)15-8-6-11(7-9-15)14(17)18-2/h10-12H,3-9H2,1-2H3. The molecule has 4 nitrogen and oxygen atoms in total. The van der Waals surface area contributed by atoms with Crippen LogP contribution in [0.15, 0.2) is 0 Å². The van der Waals surface area contributed by atoms with E-state index in [9.17, 15) is 9.59 Å². The lowest BCUT2D eigenvalue weighted by molar-refractivity contribution is -0.149. The molecule has 0 aromatic rings. The number of carbonyl (C=O) groups excluding carboxylic acids is 2. The van der Waals surface area contributed by atoms with Crippen molar-refractivity contribution in [2.75, 3.05) is 20.2 Å². The summed E-state index contributed by atoms with van der Waals surface area (Å²) in [5, 5.41) is 0. The van der Waals surface area contributed by atoms with Crippen molar-refractivity contribution in [3.8, 4) is 0 Å².